The van der Waals surface area contributed by atoms with Crippen molar-refractivity contribution in [3.8, 4) is 0 Å². The Balaban J connectivity index is 2.31. The van der Waals surface area contributed by atoms with Gasteiger partial charge in [-0.1, -0.05) is 6.07 Å². The van der Waals surface area contributed by atoms with Gasteiger partial charge in [0.25, 0.3) is 0 Å². The summed E-state index contributed by atoms with van der Waals surface area (Å²) < 4.78 is 0. The second-order valence-electron chi connectivity index (χ2n) is 4.53. The molecule has 0 radical (unpaired) electrons. The van der Waals surface area contributed by atoms with E-state index in [1.807, 2.05) is 18.8 Å². The van der Waals surface area contributed by atoms with E-state index in [0.717, 1.165) is 6.54 Å². The van der Waals surface area contributed by atoms with Gasteiger partial charge in [-0.2, -0.15) is 0 Å². The zero-order chi connectivity index (χ0) is 11.7. The first-order valence-electron chi connectivity index (χ1n) is 5.81. The summed E-state index contributed by atoms with van der Waals surface area (Å²) in [5.41, 5.74) is 4.09. The molecular formula is C13H20N2S. The molecule has 1 aliphatic rings. The molecular weight excluding hydrogens is 216 g/mol. The Morgan fingerprint density at radius 2 is 2.12 bits per heavy atom. The van der Waals surface area contributed by atoms with Crippen molar-refractivity contribution in [3.63, 3.8) is 0 Å². The number of fused-ring (bicyclic) bond motifs is 1. The second kappa shape index (κ2) is 4.68. The van der Waals surface area contributed by atoms with Crippen LogP contribution in [0.15, 0.2) is 17.0 Å². The first-order valence-corrected chi connectivity index (χ1v) is 6.69. The van der Waals surface area contributed by atoms with Gasteiger partial charge in [0, 0.05) is 22.7 Å². The van der Waals surface area contributed by atoms with Gasteiger partial charge in [0.1, 0.15) is 0 Å². The topological polar surface area (TPSA) is 24.1 Å². The van der Waals surface area contributed by atoms with Crippen molar-refractivity contribution in [2.24, 2.45) is 0 Å². The zero-order valence-corrected chi connectivity index (χ0v) is 11.2. The minimum Gasteiger partial charge on any atom is -0.380 e. The van der Waals surface area contributed by atoms with Crippen LogP contribution in [-0.2, 0) is 0 Å². The van der Waals surface area contributed by atoms with Crippen molar-refractivity contribution >= 4 is 17.4 Å². The van der Waals surface area contributed by atoms with Crippen molar-refractivity contribution in [2.45, 2.75) is 37.0 Å². The zero-order valence-electron chi connectivity index (χ0n) is 10.4. The van der Waals surface area contributed by atoms with E-state index in [1.165, 1.54) is 21.7 Å². The lowest BCUT2D eigenvalue weighted by Crippen LogP contribution is -2.38. The average Bonchev–Trinajstić information content (AvgIpc) is 2.26. The van der Waals surface area contributed by atoms with Crippen LogP contribution < -0.4 is 10.6 Å². The Labute approximate surface area is 102 Å². The van der Waals surface area contributed by atoms with Crippen molar-refractivity contribution < 1.29 is 0 Å². The Hall–Kier alpha value is -0.670. The maximum Gasteiger partial charge on any atom is 0.0513 e. The summed E-state index contributed by atoms with van der Waals surface area (Å²) in [4.78, 5) is 1.39. The van der Waals surface area contributed by atoms with Crippen LogP contribution in [0.3, 0.4) is 0 Å². The van der Waals surface area contributed by atoms with Gasteiger partial charge in [0.2, 0.25) is 0 Å². The highest BCUT2D eigenvalue weighted by atomic mass is 32.2. The Morgan fingerprint density at radius 1 is 1.38 bits per heavy atom. The molecule has 0 saturated carbocycles. The standard InChI is InChI=1S/C13H20N2S/c1-8-5-6-11-13(9(8)2)15-10(3)12(16-11)7-14-4/h5-6,10,12,14-15H,7H2,1-4H3. The van der Waals surface area contributed by atoms with E-state index < -0.39 is 0 Å². The van der Waals surface area contributed by atoms with Crippen LogP contribution in [0.2, 0.25) is 0 Å². The van der Waals surface area contributed by atoms with Gasteiger partial charge < -0.3 is 10.6 Å². The van der Waals surface area contributed by atoms with E-state index in [1.54, 1.807) is 0 Å². The van der Waals surface area contributed by atoms with Crippen LogP contribution in [0.25, 0.3) is 0 Å². The van der Waals surface area contributed by atoms with Gasteiger partial charge >= 0.3 is 0 Å². The molecule has 0 amide bonds. The maximum absolute atomic E-state index is 3.64. The molecule has 0 spiro atoms. The van der Waals surface area contributed by atoms with Crippen LogP contribution in [0.1, 0.15) is 18.1 Å². The largest absolute Gasteiger partial charge is 0.380 e. The Bertz CT molecular complexity index is 390. The molecule has 0 fully saturated rings. The summed E-state index contributed by atoms with van der Waals surface area (Å²) in [6.45, 7) is 7.68. The van der Waals surface area contributed by atoms with Gasteiger partial charge in [-0.15, -0.1) is 11.8 Å². The van der Waals surface area contributed by atoms with Crippen LogP contribution in [-0.4, -0.2) is 24.9 Å². The van der Waals surface area contributed by atoms with Crippen LogP contribution >= 0.6 is 11.8 Å². The smallest absolute Gasteiger partial charge is 0.0513 e. The number of aryl methyl sites for hydroxylation is 1. The molecule has 1 aromatic carbocycles. The van der Waals surface area contributed by atoms with Crippen molar-refractivity contribution in [1.29, 1.82) is 0 Å². The molecule has 0 bridgehead atoms. The quantitative estimate of drug-likeness (QED) is 0.825. The molecule has 0 aromatic heterocycles. The fourth-order valence-corrected chi connectivity index (χ4v) is 3.40. The highest BCUT2D eigenvalue weighted by molar-refractivity contribution is 8.00. The summed E-state index contributed by atoms with van der Waals surface area (Å²) in [7, 11) is 2.02. The van der Waals surface area contributed by atoms with Gasteiger partial charge in [-0.3, -0.25) is 0 Å². The molecule has 16 heavy (non-hydrogen) atoms. The molecule has 0 aliphatic carbocycles. The number of thioether (sulfide) groups is 1. The average molecular weight is 236 g/mol. The fraction of sp³-hybridized carbons (Fsp3) is 0.538. The molecule has 2 atom stereocenters. The fourth-order valence-electron chi connectivity index (χ4n) is 2.07. The number of benzene rings is 1. The van der Waals surface area contributed by atoms with E-state index in [0.29, 0.717) is 11.3 Å². The third-order valence-corrected chi connectivity index (χ3v) is 4.78. The third-order valence-electron chi connectivity index (χ3n) is 3.31. The summed E-state index contributed by atoms with van der Waals surface area (Å²) in [5.74, 6) is 0. The lowest BCUT2D eigenvalue weighted by Gasteiger charge is -2.33. The highest BCUT2D eigenvalue weighted by Crippen LogP contribution is 2.40. The number of nitrogens with one attached hydrogen (secondary N) is 2. The summed E-state index contributed by atoms with van der Waals surface area (Å²) in [6, 6.07) is 4.98. The molecule has 2 unspecified atom stereocenters. The molecule has 2 N–H and O–H groups in total. The van der Waals surface area contributed by atoms with Crippen LogP contribution in [0, 0.1) is 13.8 Å². The summed E-state index contributed by atoms with van der Waals surface area (Å²) in [5, 5.41) is 7.52. The van der Waals surface area contributed by atoms with Crippen molar-refractivity contribution in [2.75, 3.05) is 18.9 Å². The number of anilines is 1. The van der Waals surface area contributed by atoms with Gasteiger partial charge in [-0.25, -0.2) is 0 Å². The van der Waals surface area contributed by atoms with E-state index in [2.05, 4.69) is 43.5 Å². The van der Waals surface area contributed by atoms with Gasteiger partial charge in [0.05, 0.1) is 5.69 Å². The van der Waals surface area contributed by atoms with Crippen molar-refractivity contribution in [1.82, 2.24) is 5.32 Å². The van der Waals surface area contributed by atoms with Gasteiger partial charge in [-0.05, 0) is 45.0 Å². The summed E-state index contributed by atoms with van der Waals surface area (Å²) in [6.07, 6.45) is 0. The van der Waals surface area contributed by atoms with E-state index >= 15 is 0 Å². The number of rotatable bonds is 2. The van der Waals surface area contributed by atoms with E-state index in [4.69, 9.17) is 0 Å². The molecule has 0 saturated heterocycles. The minimum atomic E-state index is 0.519. The van der Waals surface area contributed by atoms with E-state index in [9.17, 15) is 0 Å². The normalized spacial score (nSPS) is 23.8. The predicted octanol–water partition coefficient (Wildman–Crippen LogP) is 2.80. The van der Waals surface area contributed by atoms with E-state index in [-0.39, 0.29) is 0 Å². The molecule has 2 rings (SSSR count). The first-order chi connectivity index (χ1) is 7.63. The second-order valence-corrected chi connectivity index (χ2v) is 5.81. The molecule has 88 valence electrons. The van der Waals surface area contributed by atoms with Crippen LogP contribution in [0.5, 0.6) is 0 Å². The lowest BCUT2D eigenvalue weighted by molar-refractivity contribution is 0.664. The van der Waals surface area contributed by atoms with Crippen LogP contribution in [0.4, 0.5) is 5.69 Å². The molecule has 2 nitrogen and oxygen atoms in total. The summed E-state index contributed by atoms with van der Waals surface area (Å²) >= 11 is 1.99. The minimum absolute atomic E-state index is 0.519. The molecule has 3 heteroatoms. The Kier molecular flexibility index (Phi) is 3.45. The van der Waals surface area contributed by atoms with Gasteiger partial charge in [0.15, 0.2) is 0 Å². The first kappa shape index (κ1) is 11.8. The monoisotopic (exact) mass is 236 g/mol. The molecule has 1 aromatic rings. The maximum atomic E-state index is 3.64. The lowest BCUT2D eigenvalue weighted by atomic mass is 10.1. The third kappa shape index (κ3) is 2.06. The number of hydrogen-bond acceptors (Lipinski definition) is 3. The molecule has 1 aliphatic heterocycles. The highest BCUT2D eigenvalue weighted by Gasteiger charge is 2.26. The predicted molar refractivity (Wildman–Crippen MR) is 72.6 cm³/mol. The number of hydrogen-bond donors (Lipinski definition) is 2. The SMILES string of the molecule is CNCC1Sc2ccc(C)c(C)c2NC1C. The molecule has 1 heterocycles. The Morgan fingerprint density at radius 3 is 2.81 bits per heavy atom. The van der Waals surface area contributed by atoms with Crippen molar-refractivity contribution in [3.05, 3.63) is 23.3 Å².